The number of unbranched alkanes of at least 4 members (excludes halogenated alkanes) is 1. The molecule has 0 unspecified atom stereocenters. The fourth-order valence-corrected chi connectivity index (χ4v) is 3.05. The molecule has 1 aliphatic rings. The van der Waals surface area contributed by atoms with E-state index < -0.39 is 0 Å². The molecule has 2 aromatic carbocycles. The maximum absolute atomic E-state index is 12.4. The Kier molecular flexibility index (Phi) is 5.56. The summed E-state index contributed by atoms with van der Waals surface area (Å²) in [6, 6.07) is 12.8. The first-order valence-corrected chi connectivity index (χ1v) is 9.03. The Morgan fingerprint density at radius 3 is 2.62 bits per heavy atom. The van der Waals surface area contributed by atoms with Crippen LogP contribution in [0.25, 0.3) is 0 Å². The third-order valence-electron chi connectivity index (χ3n) is 4.50. The van der Waals surface area contributed by atoms with E-state index in [9.17, 15) is 9.59 Å². The van der Waals surface area contributed by atoms with Crippen LogP contribution in [0.1, 0.15) is 42.6 Å². The maximum Gasteiger partial charge on any atom is 0.255 e. The average molecular weight is 352 g/mol. The Morgan fingerprint density at radius 2 is 1.92 bits per heavy atom. The predicted molar refractivity (Wildman–Crippen MR) is 103 cm³/mol. The number of carbonyl (C=O) groups excluding carboxylic acids is 2. The minimum Gasteiger partial charge on any atom is -0.494 e. The molecule has 0 saturated heterocycles. The number of benzene rings is 2. The summed E-state index contributed by atoms with van der Waals surface area (Å²) in [6.07, 6.45) is 2.91. The summed E-state index contributed by atoms with van der Waals surface area (Å²) >= 11 is 0. The molecule has 0 atom stereocenters. The molecule has 0 fully saturated rings. The number of hydrogen-bond acceptors (Lipinski definition) is 3. The van der Waals surface area contributed by atoms with Crippen molar-refractivity contribution in [1.82, 2.24) is 0 Å². The van der Waals surface area contributed by atoms with E-state index in [1.54, 1.807) is 24.0 Å². The van der Waals surface area contributed by atoms with Gasteiger partial charge in [0, 0.05) is 30.4 Å². The normalized spacial score (nSPS) is 12.6. The molecular weight excluding hydrogens is 328 g/mol. The summed E-state index contributed by atoms with van der Waals surface area (Å²) in [6.45, 7) is 5.07. The molecular formula is C21H24N2O3. The highest BCUT2D eigenvalue weighted by atomic mass is 16.5. The molecule has 1 aliphatic heterocycles. The molecule has 5 heteroatoms. The first-order valence-electron chi connectivity index (χ1n) is 9.03. The van der Waals surface area contributed by atoms with Crippen LogP contribution in [0.3, 0.4) is 0 Å². The molecule has 0 bridgehead atoms. The van der Waals surface area contributed by atoms with Crippen LogP contribution in [0.15, 0.2) is 42.5 Å². The number of nitrogens with zero attached hydrogens (tertiary/aromatic N) is 1. The number of anilines is 2. The summed E-state index contributed by atoms with van der Waals surface area (Å²) in [4.78, 5) is 25.8. The maximum atomic E-state index is 12.4. The Labute approximate surface area is 154 Å². The van der Waals surface area contributed by atoms with Crippen molar-refractivity contribution in [2.45, 2.75) is 33.1 Å². The van der Waals surface area contributed by atoms with Crippen LogP contribution < -0.4 is 15.0 Å². The molecule has 26 heavy (non-hydrogen) atoms. The fraction of sp³-hybridized carbons (Fsp3) is 0.333. The van der Waals surface area contributed by atoms with Gasteiger partial charge in [-0.1, -0.05) is 13.3 Å². The molecule has 0 aliphatic carbocycles. The number of hydrogen-bond donors (Lipinski definition) is 1. The van der Waals surface area contributed by atoms with Crippen LogP contribution in [0.4, 0.5) is 11.4 Å². The summed E-state index contributed by atoms with van der Waals surface area (Å²) in [5.41, 5.74) is 3.34. The van der Waals surface area contributed by atoms with Gasteiger partial charge in [0.25, 0.3) is 5.91 Å². The van der Waals surface area contributed by atoms with Crippen molar-refractivity contribution in [3.63, 3.8) is 0 Å². The second-order valence-corrected chi connectivity index (χ2v) is 6.44. The second kappa shape index (κ2) is 8.04. The summed E-state index contributed by atoms with van der Waals surface area (Å²) in [7, 11) is 0. The zero-order valence-corrected chi connectivity index (χ0v) is 15.2. The molecule has 0 radical (unpaired) electrons. The van der Waals surface area contributed by atoms with Crippen molar-refractivity contribution >= 4 is 23.2 Å². The molecule has 1 N–H and O–H groups in total. The Bertz CT molecular complexity index is 799. The van der Waals surface area contributed by atoms with Crippen molar-refractivity contribution in [2.75, 3.05) is 23.4 Å². The SMILES string of the molecule is CCCCOc1ccc(C(=O)Nc2ccc3c(c2)CCN3C(C)=O)cc1. The van der Waals surface area contributed by atoms with Gasteiger partial charge in [-0.3, -0.25) is 9.59 Å². The molecule has 2 amide bonds. The zero-order chi connectivity index (χ0) is 18.5. The highest BCUT2D eigenvalue weighted by Gasteiger charge is 2.22. The van der Waals surface area contributed by atoms with Crippen LogP contribution in [0.2, 0.25) is 0 Å². The van der Waals surface area contributed by atoms with E-state index in [0.717, 1.165) is 42.0 Å². The first kappa shape index (κ1) is 18.0. The quantitative estimate of drug-likeness (QED) is 0.799. The van der Waals surface area contributed by atoms with E-state index in [-0.39, 0.29) is 11.8 Å². The highest BCUT2D eigenvalue weighted by molar-refractivity contribution is 6.04. The largest absolute Gasteiger partial charge is 0.494 e. The topological polar surface area (TPSA) is 58.6 Å². The highest BCUT2D eigenvalue weighted by Crippen LogP contribution is 2.30. The molecule has 3 rings (SSSR count). The lowest BCUT2D eigenvalue weighted by atomic mass is 10.1. The summed E-state index contributed by atoms with van der Waals surface area (Å²) < 4.78 is 5.62. The van der Waals surface area contributed by atoms with E-state index in [1.165, 1.54) is 0 Å². The Balaban J connectivity index is 1.64. The van der Waals surface area contributed by atoms with Gasteiger partial charge < -0.3 is 15.0 Å². The number of rotatable bonds is 6. The number of fused-ring (bicyclic) bond motifs is 1. The van der Waals surface area contributed by atoms with Gasteiger partial charge in [0.2, 0.25) is 5.91 Å². The van der Waals surface area contributed by atoms with Crippen LogP contribution in [-0.2, 0) is 11.2 Å². The van der Waals surface area contributed by atoms with E-state index >= 15 is 0 Å². The van der Waals surface area contributed by atoms with E-state index in [2.05, 4.69) is 12.2 Å². The first-order chi connectivity index (χ1) is 12.6. The zero-order valence-electron chi connectivity index (χ0n) is 15.2. The van der Waals surface area contributed by atoms with Crippen molar-refractivity contribution in [1.29, 1.82) is 0 Å². The van der Waals surface area contributed by atoms with Gasteiger partial charge in [0.05, 0.1) is 6.61 Å². The van der Waals surface area contributed by atoms with Crippen LogP contribution >= 0.6 is 0 Å². The molecule has 2 aromatic rings. The Morgan fingerprint density at radius 1 is 1.15 bits per heavy atom. The minimum atomic E-state index is -0.161. The fourth-order valence-electron chi connectivity index (χ4n) is 3.05. The van der Waals surface area contributed by atoms with Gasteiger partial charge in [-0.05, 0) is 60.9 Å². The minimum absolute atomic E-state index is 0.0433. The second-order valence-electron chi connectivity index (χ2n) is 6.44. The number of nitrogens with one attached hydrogen (secondary N) is 1. The van der Waals surface area contributed by atoms with Crippen LogP contribution in [0.5, 0.6) is 5.75 Å². The van der Waals surface area contributed by atoms with Crippen molar-refractivity contribution in [3.8, 4) is 5.75 Å². The molecule has 5 nitrogen and oxygen atoms in total. The standard InChI is InChI=1S/C21H24N2O3/c1-3-4-13-26-19-8-5-16(6-9-19)21(25)22-18-7-10-20-17(14-18)11-12-23(20)15(2)24/h5-10,14H,3-4,11-13H2,1-2H3,(H,22,25). The van der Waals surface area contributed by atoms with Crippen LogP contribution in [0, 0.1) is 0 Å². The van der Waals surface area contributed by atoms with Gasteiger partial charge in [-0.25, -0.2) is 0 Å². The Hall–Kier alpha value is -2.82. The number of ether oxygens (including phenoxy) is 1. The molecule has 0 saturated carbocycles. The van der Waals surface area contributed by atoms with Gasteiger partial charge in [0.1, 0.15) is 5.75 Å². The molecule has 1 heterocycles. The van der Waals surface area contributed by atoms with Gasteiger partial charge in [-0.2, -0.15) is 0 Å². The van der Waals surface area contributed by atoms with Crippen molar-refractivity contribution < 1.29 is 14.3 Å². The molecule has 136 valence electrons. The average Bonchev–Trinajstić information content (AvgIpc) is 3.06. The third-order valence-corrected chi connectivity index (χ3v) is 4.50. The molecule has 0 aromatic heterocycles. The van der Waals surface area contributed by atoms with Crippen molar-refractivity contribution in [3.05, 3.63) is 53.6 Å². The summed E-state index contributed by atoms with van der Waals surface area (Å²) in [5, 5.41) is 2.92. The lowest BCUT2D eigenvalue weighted by molar-refractivity contribution is -0.116. The third kappa shape index (κ3) is 4.04. The van der Waals surface area contributed by atoms with Gasteiger partial charge in [-0.15, -0.1) is 0 Å². The van der Waals surface area contributed by atoms with Gasteiger partial charge in [0.15, 0.2) is 0 Å². The molecule has 0 spiro atoms. The lowest BCUT2D eigenvalue weighted by Crippen LogP contribution is -2.25. The van der Waals surface area contributed by atoms with Crippen LogP contribution in [-0.4, -0.2) is 25.0 Å². The number of amides is 2. The summed E-state index contributed by atoms with van der Waals surface area (Å²) in [5.74, 6) is 0.658. The smallest absolute Gasteiger partial charge is 0.255 e. The predicted octanol–water partition coefficient (Wildman–Crippen LogP) is 4.03. The number of carbonyl (C=O) groups is 2. The van der Waals surface area contributed by atoms with Gasteiger partial charge >= 0.3 is 0 Å². The lowest BCUT2D eigenvalue weighted by Gasteiger charge is -2.15. The van der Waals surface area contributed by atoms with E-state index in [1.807, 2.05) is 30.3 Å². The van der Waals surface area contributed by atoms with Crippen molar-refractivity contribution in [2.24, 2.45) is 0 Å². The van der Waals surface area contributed by atoms with E-state index in [4.69, 9.17) is 4.74 Å². The van der Waals surface area contributed by atoms with E-state index in [0.29, 0.717) is 18.7 Å². The monoisotopic (exact) mass is 352 g/mol.